The molecule has 0 saturated heterocycles. The molecule has 1 aromatic heterocycles. The zero-order valence-electron chi connectivity index (χ0n) is 8.87. The Morgan fingerprint density at radius 2 is 1.78 bits per heavy atom. The highest BCUT2D eigenvalue weighted by molar-refractivity contribution is 6.37. The molecule has 7 heteroatoms. The highest BCUT2D eigenvalue weighted by Crippen LogP contribution is 2.37. The number of aromatic nitrogens is 1. The monoisotopic (exact) mass is 297 g/mol. The summed E-state index contributed by atoms with van der Waals surface area (Å²) in [5.74, 6) is -0.843. The van der Waals surface area contributed by atoms with Gasteiger partial charge in [0, 0.05) is 11.5 Å². The van der Waals surface area contributed by atoms with Gasteiger partial charge in [0.25, 0.3) is 0 Å². The van der Waals surface area contributed by atoms with Crippen molar-refractivity contribution in [3.63, 3.8) is 0 Å². The van der Waals surface area contributed by atoms with Crippen molar-refractivity contribution in [2.24, 2.45) is 0 Å². The van der Waals surface area contributed by atoms with E-state index >= 15 is 0 Å². The maximum atomic E-state index is 13.2. The Bertz CT molecular complexity index is 637. The number of halogens is 6. The normalized spacial score (nSPS) is 12.2. The average Bonchev–Trinajstić information content (AvgIpc) is 2.25. The van der Waals surface area contributed by atoms with Crippen molar-refractivity contribution in [3.05, 3.63) is 39.3 Å². The fourth-order valence-corrected chi connectivity index (χ4v) is 2.00. The number of rotatable bonds is 0. The van der Waals surface area contributed by atoms with Gasteiger partial charge in [-0.25, -0.2) is 9.37 Å². The molecule has 0 fully saturated rings. The van der Waals surface area contributed by atoms with E-state index < -0.39 is 17.7 Å². The molecular formula is C11H5Cl2F4N. The third-order valence-corrected chi connectivity index (χ3v) is 3.24. The van der Waals surface area contributed by atoms with Crippen LogP contribution in [0, 0.1) is 12.7 Å². The Kier molecular flexibility index (Phi) is 3.15. The Balaban J connectivity index is 2.88. The van der Waals surface area contributed by atoms with Crippen LogP contribution in [0.1, 0.15) is 11.3 Å². The van der Waals surface area contributed by atoms with E-state index in [1.807, 2.05) is 0 Å². The molecule has 0 atom stereocenters. The van der Waals surface area contributed by atoms with Crippen LogP contribution < -0.4 is 0 Å². The van der Waals surface area contributed by atoms with Gasteiger partial charge in [-0.05, 0) is 18.6 Å². The first-order chi connectivity index (χ1) is 8.21. The summed E-state index contributed by atoms with van der Waals surface area (Å²) in [4.78, 5) is 3.40. The summed E-state index contributed by atoms with van der Waals surface area (Å²) in [5, 5.41) is -0.159. The molecular weight excluding hydrogens is 293 g/mol. The minimum atomic E-state index is -4.64. The van der Waals surface area contributed by atoms with Crippen LogP contribution in [0.5, 0.6) is 0 Å². The van der Waals surface area contributed by atoms with Crippen molar-refractivity contribution in [1.82, 2.24) is 4.98 Å². The van der Waals surface area contributed by atoms with Crippen LogP contribution in [0.4, 0.5) is 17.6 Å². The fraction of sp³-hybridized carbons (Fsp3) is 0.182. The van der Waals surface area contributed by atoms with Crippen molar-refractivity contribution in [2.45, 2.75) is 13.1 Å². The van der Waals surface area contributed by atoms with Gasteiger partial charge < -0.3 is 0 Å². The minimum absolute atomic E-state index is 0.130. The zero-order chi connectivity index (χ0) is 13.7. The van der Waals surface area contributed by atoms with Gasteiger partial charge >= 0.3 is 6.18 Å². The lowest BCUT2D eigenvalue weighted by molar-refractivity contribution is -0.141. The quantitative estimate of drug-likeness (QED) is 0.623. The number of nitrogens with zero attached hydrogens (tertiary/aromatic N) is 1. The van der Waals surface area contributed by atoms with Crippen LogP contribution in [-0.4, -0.2) is 4.98 Å². The van der Waals surface area contributed by atoms with Crippen molar-refractivity contribution in [1.29, 1.82) is 0 Å². The summed E-state index contributed by atoms with van der Waals surface area (Å²) < 4.78 is 51.3. The Morgan fingerprint density at radius 3 is 2.33 bits per heavy atom. The SMILES string of the molecule is Cc1c(C(F)(F)F)nc2cc(F)c(Cl)cc2c1Cl. The summed E-state index contributed by atoms with van der Waals surface area (Å²) in [7, 11) is 0. The highest BCUT2D eigenvalue weighted by atomic mass is 35.5. The van der Waals surface area contributed by atoms with Crippen LogP contribution in [0.15, 0.2) is 12.1 Å². The molecule has 0 bridgehead atoms. The molecule has 1 heterocycles. The van der Waals surface area contributed by atoms with E-state index in [4.69, 9.17) is 23.2 Å². The largest absolute Gasteiger partial charge is 0.433 e. The van der Waals surface area contributed by atoms with E-state index in [1.165, 1.54) is 6.92 Å². The average molecular weight is 298 g/mol. The first-order valence-electron chi connectivity index (χ1n) is 4.74. The summed E-state index contributed by atoms with van der Waals surface area (Å²) in [5.41, 5.74) is -1.51. The van der Waals surface area contributed by atoms with Gasteiger partial charge in [0.1, 0.15) is 11.5 Å². The number of hydrogen-bond donors (Lipinski definition) is 0. The first-order valence-corrected chi connectivity index (χ1v) is 5.49. The van der Waals surface area contributed by atoms with Crippen LogP contribution >= 0.6 is 23.2 Å². The molecule has 0 amide bonds. The van der Waals surface area contributed by atoms with E-state index in [9.17, 15) is 17.6 Å². The maximum absolute atomic E-state index is 13.2. The summed E-state index contributed by atoms with van der Waals surface area (Å²) >= 11 is 11.4. The number of hydrogen-bond acceptors (Lipinski definition) is 1. The van der Waals surface area contributed by atoms with E-state index in [-0.39, 0.29) is 26.5 Å². The molecule has 2 aromatic rings. The highest BCUT2D eigenvalue weighted by Gasteiger charge is 2.35. The van der Waals surface area contributed by atoms with Gasteiger partial charge in [-0.3, -0.25) is 0 Å². The number of alkyl halides is 3. The second-order valence-corrected chi connectivity index (χ2v) is 4.47. The molecule has 0 aliphatic heterocycles. The van der Waals surface area contributed by atoms with Gasteiger partial charge in [-0.1, -0.05) is 23.2 Å². The molecule has 0 spiro atoms. The van der Waals surface area contributed by atoms with Crippen molar-refractivity contribution in [2.75, 3.05) is 0 Å². The fourth-order valence-electron chi connectivity index (χ4n) is 1.59. The van der Waals surface area contributed by atoms with Crippen LogP contribution in [-0.2, 0) is 6.18 Å². The van der Waals surface area contributed by atoms with Crippen LogP contribution in [0.25, 0.3) is 10.9 Å². The van der Waals surface area contributed by atoms with Crippen molar-refractivity contribution >= 4 is 34.1 Å². The molecule has 96 valence electrons. The topological polar surface area (TPSA) is 12.9 Å². The number of fused-ring (bicyclic) bond motifs is 1. The molecule has 0 aliphatic carbocycles. The van der Waals surface area contributed by atoms with E-state index in [0.717, 1.165) is 12.1 Å². The van der Waals surface area contributed by atoms with E-state index in [2.05, 4.69) is 4.98 Å². The lowest BCUT2D eigenvalue weighted by atomic mass is 10.1. The minimum Gasteiger partial charge on any atom is -0.243 e. The predicted molar refractivity (Wildman–Crippen MR) is 61.5 cm³/mol. The number of benzene rings is 1. The van der Waals surface area contributed by atoms with Gasteiger partial charge in [-0.2, -0.15) is 13.2 Å². The molecule has 18 heavy (non-hydrogen) atoms. The second kappa shape index (κ2) is 4.24. The molecule has 1 nitrogen and oxygen atoms in total. The van der Waals surface area contributed by atoms with Gasteiger partial charge in [-0.15, -0.1) is 0 Å². The van der Waals surface area contributed by atoms with Gasteiger partial charge in [0.05, 0.1) is 15.6 Å². The molecule has 0 aliphatic rings. The standard InChI is InChI=1S/C11H5Cl2F4N/c1-4-9(13)5-2-6(12)7(14)3-8(5)18-10(4)11(15,16)17/h2-3H,1H3. The lowest BCUT2D eigenvalue weighted by Crippen LogP contribution is -2.11. The van der Waals surface area contributed by atoms with E-state index in [1.54, 1.807) is 0 Å². The van der Waals surface area contributed by atoms with E-state index in [0.29, 0.717) is 0 Å². The lowest BCUT2D eigenvalue weighted by Gasteiger charge is -2.13. The first kappa shape index (κ1) is 13.4. The molecule has 0 saturated carbocycles. The second-order valence-electron chi connectivity index (χ2n) is 3.68. The molecule has 2 rings (SSSR count). The summed E-state index contributed by atoms with van der Waals surface area (Å²) in [6.07, 6.45) is -4.64. The molecule has 0 N–H and O–H groups in total. The zero-order valence-corrected chi connectivity index (χ0v) is 10.4. The Hall–Kier alpha value is -1.07. The predicted octanol–water partition coefficient (Wildman–Crippen LogP) is 5.01. The third-order valence-electron chi connectivity index (χ3n) is 2.46. The Morgan fingerprint density at radius 1 is 1.17 bits per heavy atom. The summed E-state index contributed by atoms with van der Waals surface area (Å²) in [6.45, 7) is 1.20. The van der Waals surface area contributed by atoms with Crippen LogP contribution in [0.2, 0.25) is 10.0 Å². The molecule has 0 radical (unpaired) electrons. The summed E-state index contributed by atoms with van der Waals surface area (Å²) in [6, 6.07) is 1.99. The number of pyridine rings is 1. The molecule has 0 unspecified atom stereocenters. The van der Waals surface area contributed by atoms with Crippen molar-refractivity contribution < 1.29 is 17.6 Å². The van der Waals surface area contributed by atoms with Gasteiger partial charge in [0.15, 0.2) is 0 Å². The van der Waals surface area contributed by atoms with Crippen LogP contribution in [0.3, 0.4) is 0 Å². The Labute approximate surface area is 109 Å². The maximum Gasteiger partial charge on any atom is 0.433 e. The molecule has 1 aromatic carbocycles. The smallest absolute Gasteiger partial charge is 0.243 e. The van der Waals surface area contributed by atoms with Gasteiger partial charge in [0.2, 0.25) is 0 Å². The van der Waals surface area contributed by atoms with Crippen molar-refractivity contribution in [3.8, 4) is 0 Å². The third kappa shape index (κ3) is 2.12.